The summed E-state index contributed by atoms with van der Waals surface area (Å²) >= 11 is 4.96. The van der Waals surface area contributed by atoms with Gasteiger partial charge in [0.15, 0.2) is 0 Å². The van der Waals surface area contributed by atoms with Gasteiger partial charge in [-0.1, -0.05) is 31.3 Å². The Morgan fingerprint density at radius 1 is 1.57 bits per heavy atom. The zero-order valence-corrected chi connectivity index (χ0v) is 10.3. The van der Waals surface area contributed by atoms with Crippen LogP contribution < -0.4 is 0 Å². The number of thioether (sulfide) groups is 1. The Hall–Kier alpha value is -0.250. The van der Waals surface area contributed by atoms with Gasteiger partial charge in [-0.25, -0.2) is 0 Å². The average molecular weight is 271 g/mol. The number of aliphatic hydroxyl groups is 1. The summed E-state index contributed by atoms with van der Waals surface area (Å²) in [6, 6.07) is 4.13. The molecule has 1 aliphatic rings. The molecule has 0 aromatic heterocycles. The molecule has 74 valence electrons. The summed E-state index contributed by atoms with van der Waals surface area (Å²) in [6.45, 7) is 6.05. The molecule has 2 rings (SSSR count). The molecule has 1 nitrogen and oxygen atoms in total. The second-order valence-corrected chi connectivity index (χ2v) is 5.20. The van der Waals surface area contributed by atoms with Crippen LogP contribution in [0.5, 0.6) is 0 Å². The van der Waals surface area contributed by atoms with Crippen molar-refractivity contribution in [2.45, 2.75) is 23.7 Å². The highest BCUT2D eigenvalue weighted by molar-refractivity contribution is 9.10. The molecule has 1 unspecified atom stereocenters. The lowest BCUT2D eigenvalue weighted by Gasteiger charge is -2.07. The van der Waals surface area contributed by atoms with Gasteiger partial charge in [-0.3, -0.25) is 0 Å². The van der Waals surface area contributed by atoms with Crippen LogP contribution in [0.1, 0.15) is 18.1 Å². The molecule has 0 radical (unpaired) electrons. The number of aryl methyl sites for hydroxylation is 1. The van der Waals surface area contributed by atoms with Crippen molar-refractivity contribution >= 4 is 33.3 Å². The van der Waals surface area contributed by atoms with Crippen LogP contribution in [0.2, 0.25) is 0 Å². The lowest BCUT2D eigenvalue weighted by molar-refractivity contribution is 0.320. The highest BCUT2D eigenvalue weighted by atomic mass is 79.9. The summed E-state index contributed by atoms with van der Waals surface area (Å²) in [5.74, 6) is 0. The first kappa shape index (κ1) is 10.3. The Bertz CT molecular complexity index is 401. The molecule has 0 bridgehead atoms. The second kappa shape index (κ2) is 3.72. The van der Waals surface area contributed by atoms with Crippen LogP contribution in [0.15, 0.2) is 28.1 Å². The van der Waals surface area contributed by atoms with Crippen molar-refractivity contribution in [2.75, 3.05) is 0 Å². The van der Waals surface area contributed by atoms with Gasteiger partial charge in [0.2, 0.25) is 0 Å². The third-order valence-electron chi connectivity index (χ3n) is 2.43. The van der Waals surface area contributed by atoms with Crippen molar-refractivity contribution in [3.8, 4) is 0 Å². The zero-order chi connectivity index (χ0) is 10.3. The minimum Gasteiger partial charge on any atom is -0.378 e. The molecule has 0 amide bonds. The van der Waals surface area contributed by atoms with Crippen molar-refractivity contribution in [2.24, 2.45) is 0 Å². The molecule has 0 saturated heterocycles. The van der Waals surface area contributed by atoms with E-state index in [1.165, 1.54) is 17.3 Å². The van der Waals surface area contributed by atoms with Crippen LogP contribution in [0.3, 0.4) is 0 Å². The second-order valence-electron chi connectivity index (χ2n) is 3.26. The van der Waals surface area contributed by atoms with Crippen molar-refractivity contribution in [1.29, 1.82) is 0 Å². The van der Waals surface area contributed by atoms with E-state index in [1.54, 1.807) is 0 Å². The fraction of sp³-hybridized carbons (Fsp3) is 0.273. The number of hydrogen-bond donors (Lipinski definition) is 1. The topological polar surface area (TPSA) is 20.2 Å². The first-order valence-electron chi connectivity index (χ1n) is 4.50. The largest absolute Gasteiger partial charge is 0.378 e. The van der Waals surface area contributed by atoms with E-state index in [-0.39, 0.29) is 0 Å². The monoisotopic (exact) mass is 270 g/mol. The zero-order valence-electron chi connectivity index (χ0n) is 7.88. The molecule has 1 aromatic rings. The number of fused-ring (bicyclic) bond motifs is 1. The van der Waals surface area contributed by atoms with Crippen molar-refractivity contribution < 1.29 is 5.11 Å². The van der Waals surface area contributed by atoms with Crippen molar-refractivity contribution in [3.63, 3.8) is 0 Å². The summed E-state index contributed by atoms with van der Waals surface area (Å²) in [6.07, 6.45) is 0.974. The Labute approximate surface area is 96.3 Å². The first-order chi connectivity index (χ1) is 6.65. The fourth-order valence-corrected chi connectivity index (χ4v) is 3.32. The lowest BCUT2D eigenvalue weighted by Crippen LogP contribution is -1.96. The minimum absolute atomic E-state index is 0.478. The molecule has 1 atom stereocenters. The first-order valence-corrected chi connectivity index (χ1v) is 6.17. The maximum atomic E-state index is 9.71. The van der Waals surface area contributed by atoms with E-state index >= 15 is 0 Å². The standard InChI is InChI=1S/C11H11BrOS/c1-3-7-4-5-8(12)10-9(7)6(2)11(13)14-10/h4-5,11,13H,2-3H2,1H3. The van der Waals surface area contributed by atoms with Gasteiger partial charge in [-0.15, -0.1) is 0 Å². The highest BCUT2D eigenvalue weighted by Crippen LogP contribution is 2.47. The van der Waals surface area contributed by atoms with Gasteiger partial charge in [-0.05, 0) is 45.1 Å². The number of hydrogen-bond acceptors (Lipinski definition) is 2. The van der Waals surface area contributed by atoms with Gasteiger partial charge >= 0.3 is 0 Å². The quantitative estimate of drug-likeness (QED) is 0.844. The molecule has 1 N–H and O–H groups in total. The summed E-state index contributed by atoms with van der Waals surface area (Å²) in [7, 11) is 0. The number of aliphatic hydroxyl groups excluding tert-OH is 1. The normalized spacial score (nSPS) is 19.9. The number of halogens is 1. The predicted octanol–water partition coefficient (Wildman–Crippen LogP) is 3.45. The molecule has 1 aliphatic heterocycles. The number of rotatable bonds is 1. The van der Waals surface area contributed by atoms with Crippen LogP contribution in [-0.4, -0.2) is 10.5 Å². The molecule has 0 aliphatic carbocycles. The molecule has 0 fully saturated rings. The molecule has 0 spiro atoms. The van der Waals surface area contributed by atoms with E-state index in [0.29, 0.717) is 0 Å². The van der Waals surface area contributed by atoms with Crippen LogP contribution in [0, 0.1) is 0 Å². The molecular formula is C11H11BrOS. The van der Waals surface area contributed by atoms with Crippen molar-refractivity contribution in [3.05, 3.63) is 34.3 Å². The Balaban J connectivity index is 2.65. The van der Waals surface area contributed by atoms with E-state index in [1.807, 2.05) is 6.07 Å². The Morgan fingerprint density at radius 2 is 2.29 bits per heavy atom. The van der Waals surface area contributed by atoms with Crippen LogP contribution in [0.4, 0.5) is 0 Å². The van der Waals surface area contributed by atoms with Gasteiger partial charge in [0.1, 0.15) is 5.44 Å². The molecule has 1 aromatic carbocycles. The Morgan fingerprint density at radius 3 is 2.93 bits per heavy atom. The lowest BCUT2D eigenvalue weighted by atomic mass is 10.00. The highest BCUT2D eigenvalue weighted by Gasteiger charge is 2.28. The van der Waals surface area contributed by atoms with Crippen LogP contribution in [0.25, 0.3) is 5.57 Å². The minimum atomic E-state index is -0.478. The van der Waals surface area contributed by atoms with Crippen molar-refractivity contribution in [1.82, 2.24) is 0 Å². The summed E-state index contributed by atoms with van der Waals surface area (Å²) in [5.41, 5.74) is 2.76. The van der Waals surface area contributed by atoms with E-state index in [4.69, 9.17) is 0 Å². The predicted molar refractivity (Wildman–Crippen MR) is 64.4 cm³/mol. The van der Waals surface area contributed by atoms with Gasteiger partial charge < -0.3 is 5.11 Å². The average Bonchev–Trinajstić information content (AvgIpc) is 2.47. The third kappa shape index (κ3) is 1.44. The van der Waals surface area contributed by atoms with E-state index < -0.39 is 5.44 Å². The van der Waals surface area contributed by atoms with Gasteiger partial charge in [0, 0.05) is 9.37 Å². The summed E-state index contributed by atoms with van der Waals surface area (Å²) in [5, 5.41) is 9.71. The molecule has 1 heterocycles. The molecule has 0 saturated carbocycles. The fourth-order valence-electron chi connectivity index (χ4n) is 1.67. The van der Waals surface area contributed by atoms with Gasteiger partial charge in [-0.2, -0.15) is 0 Å². The molecular weight excluding hydrogens is 260 g/mol. The van der Waals surface area contributed by atoms with Crippen LogP contribution in [-0.2, 0) is 6.42 Å². The number of benzene rings is 1. The third-order valence-corrected chi connectivity index (χ3v) is 4.52. The molecule has 14 heavy (non-hydrogen) atoms. The van der Waals surface area contributed by atoms with Gasteiger partial charge in [0.25, 0.3) is 0 Å². The van der Waals surface area contributed by atoms with Crippen LogP contribution >= 0.6 is 27.7 Å². The smallest absolute Gasteiger partial charge is 0.129 e. The van der Waals surface area contributed by atoms with E-state index in [9.17, 15) is 5.11 Å². The summed E-state index contributed by atoms with van der Waals surface area (Å²) in [4.78, 5) is 1.13. The molecule has 3 heteroatoms. The van der Waals surface area contributed by atoms with E-state index in [0.717, 1.165) is 26.9 Å². The van der Waals surface area contributed by atoms with E-state index in [2.05, 4.69) is 35.5 Å². The summed E-state index contributed by atoms with van der Waals surface area (Å²) < 4.78 is 1.05. The SMILES string of the molecule is C=C1c2c(CC)ccc(Br)c2SC1O. The van der Waals surface area contributed by atoms with Gasteiger partial charge in [0.05, 0.1) is 0 Å². The Kier molecular flexibility index (Phi) is 2.73. The maximum Gasteiger partial charge on any atom is 0.129 e. The maximum absolute atomic E-state index is 9.71.